The molecule has 4 rings (SSSR count). The number of hydrogen-bond donors (Lipinski definition) is 0. The van der Waals surface area contributed by atoms with Crippen molar-refractivity contribution in [3.8, 4) is 23.7 Å². The molecule has 0 amide bonds. The van der Waals surface area contributed by atoms with Crippen LogP contribution in [0.5, 0.6) is 0 Å². The van der Waals surface area contributed by atoms with Gasteiger partial charge < -0.3 is 0 Å². The molecule has 0 unspecified atom stereocenters. The Morgan fingerprint density at radius 2 is 0.763 bits per heavy atom. The fourth-order valence-corrected chi connectivity index (χ4v) is 4.71. The van der Waals surface area contributed by atoms with Crippen molar-refractivity contribution in [2.24, 2.45) is 0 Å². The molecule has 0 aromatic heterocycles. The van der Waals surface area contributed by atoms with Crippen LogP contribution in [0.1, 0.15) is 98.6 Å². The third kappa shape index (κ3) is 8.68. The molecule has 0 nitrogen and oxygen atoms in total. The summed E-state index contributed by atoms with van der Waals surface area (Å²) in [6.07, 6.45) is 12.7. The van der Waals surface area contributed by atoms with Crippen molar-refractivity contribution in [3.63, 3.8) is 0 Å². The summed E-state index contributed by atoms with van der Waals surface area (Å²) in [6.45, 7) is 4.51. The first-order chi connectivity index (χ1) is 18.7. The molecule has 0 heterocycles. The standard InChI is InChI=1S/C38H40/c1-3-5-7-9-11-31-13-17-33(18-14-31)21-23-35-25-27-38-30-36(26-28-37(38)29-35)24-22-34-19-15-32(16-20-34)12-10-8-6-4-2/h13-20,25-30H,3-12H2,1-2H3. The second-order valence-corrected chi connectivity index (χ2v) is 10.3. The number of fused-ring (bicyclic) bond motifs is 1. The zero-order valence-electron chi connectivity index (χ0n) is 23.2. The highest BCUT2D eigenvalue weighted by molar-refractivity contribution is 5.85. The molecule has 192 valence electrons. The van der Waals surface area contributed by atoms with Crippen LogP contribution in [-0.4, -0.2) is 0 Å². The van der Waals surface area contributed by atoms with Crippen molar-refractivity contribution in [3.05, 3.63) is 118 Å². The van der Waals surface area contributed by atoms with Gasteiger partial charge in [0.05, 0.1) is 0 Å². The fraction of sp³-hybridized carbons (Fsp3) is 0.316. The maximum Gasteiger partial charge on any atom is 0.0255 e. The molecule has 4 aromatic carbocycles. The lowest BCUT2D eigenvalue weighted by molar-refractivity contribution is 0.667. The highest BCUT2D eigenvalue weighted by atomic mass is 14.0. The summed E-state index contributed by atoms with van der Waals surface area (Å²) in [5, 5.41) is 2.38. The van der Waals surface area contributed by atoms with E-state index in [1.54, 1.807) is 0 Å². The summed E-state index contributed by atoms with van der Waals surface area (Å²) in [7, 11) is 0. The average molecular weight is 497 g/mol. The van der Waals surface area contributed by atoms with Gasteiger partial charge in [-0.15, -0.1) is 0 Å². The normalized spacial score (nSPS) is 10.5. The Labute approximate surface area is 230 Å². The smallest absolute Gasteiger partial charge is 0.0255 e. The first-order valence-corrected chi connectivity index (χ1v) is 14.5. The Balaban J connectivity index is 1.36. The second kappa shape index (κ2) is 14.9. The van der Waals surface area contributed by atoms with Gasteiger partial charge >= 0.3 is 0 Å². The summed E-state index contributed by atoms with van der Waals surface area (Å²) in [4.78, 5) is 0. The van der Waals surface area contributed by atoms with Crippen LogP contribution in [0.25, 0.3) is 10.8 Å². The highest BCUT2D eigenvalue weighted by Gasteiger charge is 1.98. The van der Waals surface area contributed by atoms with Gasteiger partial charge in [-0.2, -0.15) is 0 Å². The zero-order chi connectivity index (χ0) is 26.4. The Morgan fingerprint density at radius 3 is 1.16 bits per heavy atom. The molecule has 0 saturated heterocycles. The Hall–Kier alpha value is -3.74. The van der Waals surface area contributed by atoms with Crippen molar-refractivity contribution in [2.45, 2.75) is 78.1 Å². The third-order valence-electron chi connectivity index (χ3n) is 7.09. The minimum atomic E-state index is 1.04. The van der Waals surface area contributed by atoms with E-state index >= 15 is 0 Å². The van der Waals surface area contributed by atoms with Crippen LogP contribution >= 0.6 is 0 Å². The fourth-order valence-electron chi connectivity index (χ4n) is 4.71. The van der Waals surface area contributed by atoms with E-state index in [1.807, 2.05) is 0 Å². The van der Waals surface area contributed by atoms with E-state index < -0.39 is 0 Å². The van der Waals surface area contributed by atoms with Crippen LogP contribution in [0.15, 0.2) is 84.9 Å². The van der Waals surface area contributed by atoms with Gasteiger partial charge in [0, 0.05) is 22.3 Å². The molecule has 0 bridgehead atoms. The predicted octanol–water partition coefficient (Wildman–Crippen LogP) is 9.88. The lowest BCUT2D eigenvalue weighted by Gasteiger charge is -2.02. The monoisotopic (exact) mass is 496 g/mol. The molecule has 0 fully saturated rings. The lowest BCUT2D eigenvalue weighted by Crippen LogP contribution is -1.86. The van der Waals surface area contributed by atoms with Crippen LogP contribution in [0.3, 0.4) is 0 Å². The third-order valence-corrected chi connectivity index (χ3v) is 7.09. The van der Waals surface area contributed by atoms with Gasteiger partial charge in [0.1, 0.15) is 0 Å². The Bertz CT molecular complexity index is 1300. The van der Waals surface area contributed by atoms with Gasteiger partial charge in [-0.25, -0.2) is 0 Å². The summed E-state index contributed by atoms with van der Waals surface area (Å²) < 4.78 is 0. The lowest BCUT2D eigenvalue weighted by atomic mass is 10.0. The summed E-state index contributed by atoms with van der Waals surface area (Å²) in [5.41, 5.74) is 7.02. The number of hydrogen-bond acceptors (Lipinski definition) is 0. The van der Waals surface area contributed by atoms with E-state index in [-0.39, 0.29) is 0 Å². The molecular weight excluding hydrogens is 456 g/mol. The summed E-state index contributed by atoms with van der Waals surface area (Å²) in [5.74, 6) is 13.3. The number of aryl methyl sites for hydroxylation is 2. The van der Waals surface area contributed by atoms with Crippen LogP contribution in [0, 0.1) is 23.7 Å². The van der Waals surface area contributed by atoms with E-state index in [9.17, 15) is 0 Å². The van der Waals surface area contributed by atoms with E-state index in [1.165, 1.54) is 73.3 Å². The van der Waals surface area contributed by atoms with Gasteiger partial charge in [0.2, 0.25) is 0 Å². The van der Waals surface area contributed by atoms with Crippen LogP contribution in [-0.2, 0) is 12.8 Å². The second-order valence-electron chi connectivity index (χ2n) is 10.3. The van der Waals surface area contributed by atoms with E-state index in [0.717, 1.165) is 35.1 Å². The van der Waals surface area contributed by atoms with E-state index in [2.05, 4.69) is 122 Å². The average Bonchev–Trinajstić information content (AvgIpc) is 2.96. The number of unbranched alkanes of at least 4 members (excludes halogenated alkanes) is 6. The molecule has 38 heavy (non-hydrogen) atoms. The molecule has 0 saturated carbocycles. The Morgan fingerprint density at radius 1 is 0.395 bits per heavy atom. The predicted molar refractivity (Wildman–Crippen MR) is 164 cm³/mol. The molecule has 0 aliphatic carbocycles. The molecule has 4 aromatic rings. The SMILES string of the molecule is CCCCCCc1ccc(C#Cc2ccc3cc(C#Cc4ccc(CCCCCC)cc4)ccc3c2)cc1. The van der Waals surface area contributed by atoms with Crippen LogP contribution < -0.4 is 0 Å². The van der Waals surface area contributed by atoms with E-state index in [4.69, 9.17) is 0 Å². The van der Waals surface area contributed by atoms with Gasteiger partial charge in [-0.05, 0) is 96.1 Å². The molecule has 0 aliphatic heterocycles. The van der Waals surface area contributed by atoms with Crippen molar-refractivity contribution in [2.75, 3.05) is 0 Å². The maximum absolute atomic E-state index is 3.34. The largest absolute Gasteiger partial charge is 0.0654 e. The van der Waals surface area contributed by atoms with E-state index in [0.29, 0.717) is 0 Å². The molecule has 0 heteroatoms. The van der Waals surface area contributed by atoms with Crippen molar-refractivity contribution >= 4 is 10.8 Å². The molecule has 0 N–H and O–H groups in total. The highest BCUT2D eigenvalue weighted by Crippen LogP contribution is 2.18. The quantitative estimate of drug-likeness (QED) is 0.151. The molecule has 0 aliphatic rings. The van der Waals surface area contributed by atoms with Gasteiger partial charge in [0.25, 0.3) is 0 Å². The molecule has 0 spiro atoms. The van der Waals surface area contributed by atoms with Crippen LogP contribution in [0.2, 0.25) is 0 Å². The van der Waals surface area contributed by atoms with Gasteiger partial charge in [0.15, 0.2) is 0 Å². The topological polar surface area (TPSA) is 0 Å². The van der Waals surface area contributed by atoms with Crippen LogP contribution in [0.4, 0.5) is 0 Å². The first kappa shape index (κ1) is 27.3. The molecular formula is C38H40. The number of rotatable bonds is 10. The van der Waals surface area contributed by atoms with Crippen molar-refractivity contribution in [1.82, 2.24) is 0 Å². The minimum Gasteiger partial charge on any atom is -0.0654 e. The zero-order valence-corrected chi connectivity index (χ0v) is 23.2. The van der Waals surface area contributed by atoms with Gasteiger partial charge in [-0.3, -0.25) is 0 Å². The summed E-state index contributed by atoms with van der Waals surface area (Å²) in [6, 6.07) is 30.3. The molecule has 0 atom stereocenters. The maximum atomic E-state index is 3.34. The number of benzene rings is 4. The molecule has 0 radical (unpaired) electrons. The van der Waals surface area contributed by atoms with Gasteiger partial charge in [-0.1, -0.05) is 112 Å². The first-order valence-electron chi connectivity index (χ1n) is 14.5. The minimum absolute atomic E-state index is 1.04. The van der Waals surface area contributed by atoms with Crippen molar-refractivity contribution < 1.29 is 0 Å². The van der Waals surface area contributed by atoms with Crippen molar-refractivity contribution in [1.29, 1.82) is 0 Å². The Kier molecular flexibility index (Phi) is 10.7. The summed E-state index contributed by atoms with van der Waals surface area (Å²) >= 11 is 0.